The fourth-order valence-electron chi connectivity index (χ4n) is 3.08. The van der Waals surface area contributed by atoms with E-state index in [0.29, 0.717) is 29.6 Å². The third-order valence-corrected chi connectivity index (χ3v) is 4.32. The molecule has 0 saturated carbocycles. The van der Waals surface area contributed by atoms with Crippen LogP contribution in [0.2, 0.25) is 0 Å². The smallest absolute Gasteiger partial charge is 0.275 e. The van der Waals surface area contributed by atoms with Crippen LogP contribution in [0.4, 0.5) is 5.82 Å². The number of hydrogen-bond acceptors (Lipinski definition) is 5. The average molecular weight is 376 g/mol. The van der Waals surface area contributed by atoms with Crippen molar-refractivity contribution in [1.82, 2.24) is 24.5 Å². The highest BCUT2D eigenvalue weighted by Gasteiger charge is 2.19. The molecule has 0 spiro atoms. The largest absolute Gasteiger partial charge is 0.455 e. The molecule has 1 amide bonds. The number of hydrogen-bond donors (Lipinski definition) is 1. The number of anilines is 1. The second-order valence-corrected chi connectivity index (χ2v) is 6.31. The van der Waals surface area contributed by atoms with Crippen LogP contribution in [0.25, 0.3) is 10.9 Å². The van der Waals surface area contributed by atoms with E-state index in [-0.39, 0.29) is 5.91 Å². The van der Waals surface area contributed by atoms with Gasteiger partial charge in [0.25, 0.3) is 5.91 Å². The second kappa shape index (κ2) is 7.51. The highest BCUT2D eigenvalue weighted by molar-refractivity contribution is 6.08. The van der Waals surface area contributed by atoms with E-state index in [1.54, 1.807) is 40.1 Å². The molecule has 3 heterocycles. The van der Waals surface area contributed by atoms with E-state index in [9.17, 15) is 4.79 Å². The molecule has 3 aromatic heterocycles. The van der Waals surface area contributed by atoms with E-state index in [4.69, 9.17) is 4.74 Å². The molecule has 0 radical (unpaired) electrons. The number of ether oxygens (including phenoxy) is 1. The number of carbonyl (C=O) groups excluding carboxylic acids is 1. The minimum Gasteiger partial charge on any atom is -0.455 e. The molecule has 4 rings (SSSR count). The first-order valence-corrected chi connectivity index (χ1v) is 9.04. The average Bonchev–Trinajstić information content (AvgIpc) is 3.28. The van der Waals surface area contributed by atoms with E-state index in [2.05, 4.69) is 20.5 Å². The predicted molar refractivity (Wildman–Crippen MR) is 105 cm³/mol. The highest BCUT2D eigenvalue weighted by atomic mass is 16.5. The minimum atomic E-state index is -0.262. The van der Waals surface area contributed by atoms with Crippen molar-refractivity contribution in [3.63, 3.8) is 0 Å². The standard InChI is InChI=1S/C20H20N6O2/c1-3-12-26-16(9-11-22-26)20(27)23-19-18-15(25(2)24-19)7-4-8-17(18)28-14-6-5-10-21-13-14/h4-11,13H,3,12H2,1-2H3,(H,23,24,27). The van der Waals surface area contributed by atoms with Gasteiger partial charge in [-0.05, 0) is 36.8 Å². The Labute approximate surface area is 161 Å². The van der Waals surface area contributed by atoms with Crippen LogP contribution in [0.5, 0.6) is 11.5 Å². The Bertz CT molecular complexity index is 1120. The summed E-state index contributed by atoms with van der Waals surface area (Å²) in [6, 6.07) is 11.0. The van der Waals surface area contributed by atoms with Gasteiger partial charge in [-0.25, -0.2) is 0 Å². The van der Waals surface area contributed by atoms with Gasteiger partial charge in [0.05, 0.1) is 17.1 Å². The maximum absolute atomic E-state index is 12.8. The lowest BCUT2D eigenvalue weighted by Gasteiger charge is -2.09. The molecule has 0 unspecified atom stereocenters. The van der Waals surface area contributed by atoms with E-state index in [1.165, 1.54) is 0 Å². The van der Waals surface area contributed by atoms with Crippen molar-refractivity contribution in [3.05, 3.63) is 60.7 Å². The van der Waals surface area contributed by atoms with Gasteiger partial charge in [-0.2, -0.15) is 10.2 Å². The number of nitrogens with one attached hydrogen (secondary N) is 1. The van der Waals surface area contributed by atoms with Crippen LogP contribution >= 0.6 is 0 Å². The van der Waals surface area contributed by atoms with Crippen LogP contribution in [0.3, 0.4) is 0 Å². The van der Waals surface area contributed by atoms with Crippen LogP contribution in [-0.4, -0.2) is 30.5 Å². The summed E-state index contributed by atoms with van der Waals surface area (Å²) in [6.45, 7) is 2.71. The monoisotopic (exact) mass is 376 g/mol. The minimum absolute atomic E-state index is 0.262. The molecular weight excluding hydrogens is 356 g/mol. The van der Waals surface area contributed by atoms with Crippen molar-refractivity contribution in [2.75, 3.05) is 5.32 Å². The summed E-state index contributed by atoms with van der Waals surface area (Å²) in [7, 11) is 1.83. The lowest BCUT2D eigenvalue weighted by atomic mass is 10.2. The number of pyridine rings is 1. The number of aromatic nitrogens is 5. The van der Waals surface area contributed by atoms with Crippen molar-refractivity contribution in [3.8, 4) is 11.5 Å². The van der Waals surface area contributed by atoms with Gasteiger partial charge >= 0.3 is 0 Å². The fraction of sp³-hybridized carbons (Fsp3) is 0.200. The summed E-state index contributed by atoms with van der Waals surface area (Å²) in [5.41, 5.74) is 1.34. The molecule has 1 N–H and O–H groups in total. The van der Waals surface area contributed by atoms with Gasteiger partial charge < -0.3 is 10.1 Å². The van der Waals surface area contributed by atoms with Gasteiger partial charge in [-0.3, -0.25) is 19.1 Å². The molecule has 1 aromatic carbocycles. The van der Waals surface area contributed by atoms with Crippen LogP contribution in [0, 0.1) is 0 Å². The van der Waals surface area contributed by atoms with Crippen molar-refractivity contribution < 1.29 is 9.53 Å². The van der Waals surface area contributed by atoms with Crippen LogP contribution in [0.15, 0.2) is 55.0 Å². The first-order chi connectivity index (χ1) is 13.7. The Morgan fingerprint density at radius 2 is 2.07 bits per heavy atom. The summed E-state index contributed by atoms with van der Waals surface area (Å²) in [5, 5.41) is 12.3. The number of rotatable bonds is 6. The van der Waals surface area contributed by atoms with E-state index < -0.39 is 0 Å². The fourth-order valence-corrected chi connectivity index (χ4v) is 3.08. The van der Waals surface area contributed by atoms with Gasteiger partial charge in [0.1, 0.15) is 17.2 Å². The Kier molecular flexibility index (Phi) is 4.76. The summed E-state index contributed by atoms with van der Waals surface area (Å²) >= 11 is 0. The normalized spacial score (nSPS) is 10.9. The molecule has 0 fully saturated rings. The van der Waals surface area contributed by atoms with E-state index in [1.807, 2.05) is 38.2 Å². The van der Waals surface area contributed by atoms with Crippen molar-refractivity contribution in [2.45, 2.75) is 19.9 Å². The van der Waals surface area contributed by atoms with Crippen molar-refractivity contribution in [2.24, 2.45) is 7.05 Å². The van der Waals surface area contributed by atoms with Gasteiger partial charge in [0.2, 0.25) is 0 Å². The zero-order chi connectivity index (χ0) is 19.5. The SMILES string of the molecule is CCCn1nccc1C(=O)Nc1nn(C)c2cccc(Oc3cccnc3)c12. The van der Waals surface area contributed by atoms with Crippen LogP contribution in [-0.2, 0) is 13.6 Å². The van der Waals surface area contributed by atoms with Crippen LogP contribution in [0.1, 0.15) is 23.8 Å². The molecule has 0 saturated heterocycles. The maximum Gasteiger partial charge on any atom is 0.275 e. The number of aryl methyl sites for hydroxylation is 2. The lowest BCUT2D eigenvalue weighted by molar-refractivity contribution is 0.101. The van der Waals surface area contributed by atoms with Gasteiger partial charge in [-0.1, -0.05) is 13.0 Å². The molecule has 0 atom stereocenters. The maximum atomic E-state index is 12.8. The molecule has 0 aliphatic heterocycles. The Morgan fingerprint density at radius 1 is 1.18 bits per heavy atom. The number of benzene rings is 1. The molecule has 0 aliphatic rings. The zero-order valence-electron chi connectivity index (χ0n) is 15.7. The molecule has 28 heavy (non-hydrogen) atoms. The molecule has 0 aliphatic carbocycles. The molecule has 0 bridgehead atoms. The molecule has 8 nitrogen and oxygen atoms in total. The molecule has 8 heteroatoms. The summed E-state index contributed by atoms with van der Waals surface area (Å²) in [5.74, 6) is 1.38. The zero-order valence-corrected chi connectivity index (χ0v) is 15.7. The summed E-state index contributed by atoms with van der Waals surface area (Å²) in [4.78, 5) is 16.9. The van der Waals surface area contributed by atoms with Gasteiger partial charge in [0, 0.05) is 26.0 Å². The first-order valence-electron chi connectivity index (χ1n) is 9.04. The van der Waals surface area contributed by atoms with Crippen LogP contribution < -0.4 is 10.1 Å². The molecule has 142 valence electrons. The number of amides is 1. The highest BCUT2D eigenvalue weighted by Crippen LogP contribution is 2.34. The van der Waals surface area contributed by atoms with Crippen molar-refractivity contribution in [1.29, 1.82) is 0 Å². The van der Waals surface area contributed by atoms with Gasteiger partial charge in [0.15, 0.2) is 5.82 Å². The number of fused-ring (bicyclic) bond motifs is 1. The van der Waals surface area contributed by atoms with E-state index in [0.717, 1.165) is 17.3 Å². The third-order valence-electron chi connectivity index (χ3n) is 4.32. The summed E-state index contributed by atoms with van der Waals surface area (Å²) < 4.78 is 9.40. The Balaban J connectivity index is 1.71. The lowest BCUT2D eigenvalue weighted by Crippen LogP contribution is -2.18. The molecular formula is C20H20N6O2. The van der Waals surface area contributed by atoms with E-state index >= 15 is 0 Å². The predicted octanol–water partition coefficient (Wildman–Crippen LogP) is 3.62. The Hall–Kier alpha value is -3.68. The van der Waals surface area contributed by atoms with Gasteiger partial charge in [-0.15, -0.1) is 0 Å². The summed E-state index contributed by atoms with van der Waals surface area (Å²) in [6.07, 6.45) is 5.83. The Morgan fingerprint density at radius 3 is 2.86 bits per heavy atom. The number of carbonyl (C=O) groups is 1. The quantitative estimate of drug-likeness (QED) is 0.555. The first kappa shape index (κ1) is 17.7. The number of nitrogens with zero attached hydrogens (tertiary/aromatic N) is 5. The molecule has 4 aromatic rings. The third kappa shape index (κ3) is 3.32. The topological polar surface area (TPSA) is 86.9 Å². The second-order valence-electron chi connectivity index (χ2n) is 6.31. The van der Waals surface area contributed by atoms with Crippen molar-refractivity contribution >= 4 is 22.6 Å².